The third-order valence-electron chi connectivity index (χ3n) is 4.72. The minimum Gasteiger partial charge on any atom is -0.448 e. The molecule has 2 aromatic carbocycles. The van der Waals surface area contributed by atoms with Crippen molar-refractivity contribution in [3.8, 4) is 0 Å². The predicted molar refractivity (Wildman–Crippen MR) is 104 cm³/mol. The fourth-order valence-electron chi connectivity index (χ4n) is 3.40. The standard InChI is InChI=1S/C21H23NO4S/c1-15(2)20-18(13-17-7-5-4-6-8-17)14-26-21(23)22(20)27(24,25)19-11-9-16(3)10-12-19/h4-12,18,20H,1,13-14H2,2-3H3/t18-,20+/m1/s1. The number of hydrogen-bond acceptors (Lipinski definition) is 4. The molecule has 0 saturated carbocycles. The number of nitrogens with zero attached hydrogens (tertiary/aromatic N) is 1. The lowest BCUT2D eigenvalue weighted by atomic mass is 9.88. The summed E-state index contributed by atoms with van der Waals surface area (Å²) in [6.07, 6.45) is -0.265. The summed E-state index contributed by atoms with van der Waals surface area (Å²) in [4.78, 5) is 12.5. The molecule has 0 aromatic heterocycles. The first-order chi connectivity index (χ1) is 12.8. The van der Waals surface area contributed by atoms with E-state index in [-0.39, 0.29) is 17.4 Å². The van der Waals surface area contributed by atoms with Gasteiger partial charge >= 0.3 is 6.09 Å². The molecular weight excluding hydrogens is 362 g/mol. The van der Waals surface area contributed by atoms with E-state index >= 15 is 0 Å². The molecule has 0 N–H and O–H groups in total. The van der Waals surface area contributed by atoms with Crippen LogP contribution in [0.1, 0.15) is 18.1 Å². The molecule has 1 aliphatic rings. The highest BCUT2D eigenvalue weighted by Crippen LogP contribution is 2.32. The Morgan fingerprint density at radius 2 is 1.78 bits per heavy atom. The minimum absolute atomic E-state index is 0.0664. The first-order valence-corrected chi connectivity index (χ1v) is 10.2. The summed E-state index contributed by atoms with van der Waals surface area (Å²) >= 11 is 0. The SMILES string of the molecule is C=C(C)[C@H]1[C@H](Cc2ccccc2)COC(=O)N1S(=O)(=O)c1ccc(C)cc1. The first kappa shape index (κ1) is 19.2. The highest BCUT2D eigenvalue weighted by molar-refractivity contribution is 7.89. The van der Waals surface area contributed by atoms with Crippen molar-refractivity contribution in [1.29, 1.82) is 0 Å². The van der Waals surface area contributed by atoms with Crippen molar-refractivity contribution in [3.63, 3.8) is 0 Å². The van der Waals surface area contributed by atoms with Crippen LogP contribution in [-0.4, -0.2) is 31.5 Å². The molecular formula is C21H23NO4S. The van der Waals surface area contributed by atoms with Gasteiger partial charge in [0.25, 0.3) is 10.0 Å². The van der Waals surface area contributed by atoms with Crippen LogP contribution in [0.2, 0.25) is 0 Å². The van der Waals surface area contributed by atoms with E-state index in [1.54, 1.807) is 19.1 Å². The Kier molecular flexibility index (Phi) is 5.37. The molecule has 0 aliphatic carbocycles. The molecule has 1 saturated heterocycles. The zero-order valence-corrected chi connectivity index (χ0v) is 16.3. The zero-order chi connectivity index (χ0) is 19.6. The van der Waals surface area contributed by atoms with Gasteiger partial charge in [0.2, 0.25) is 0 Å². The van der Waals surface area contributed by atoms with Crippen LogP contribution in [-0.2, 0) is 21.2 Å². The van der Waals surface area contributed by atoms with Crippen molar-refractivity contribution in [2.75, 3.05) is 6.61 Å². The van der Waals surface area contributed by atoms with Gasteiger partial charge in [-0.2, -0.15) is 4.31 Å². The molecule has 1 fully saturated rings. The summed E-state index contributed by atoms with van der Waals surface area (Å²) in [6, 6.07) is 15.5. The summed E-state index contributed by atoms with van der Waals surface area (Å²) in [7, 11) is -4.05. The second-order valence-electron chi connectivity index (χ2n) is 6.93. The van der Waals surface area contributed by atoms with E-state index in [1.807, 2.05) is 37.3 Å². The van der Waals surface area contributed by atoms with Crippen molar-refractivity contribution >= 4 is 16.1 Å². The average molecular weight is 385 g/mol. The van der Waals surface area contributed by atoms with E-state index in [0.717, 1.165) is 15.4 Å². The Morgan fingerprint density at radius 1 is 1.15 bits per heavy atom. The fourth-order valence-corrected chi connectivity index (χ4v) is 5.01. The molecule has 1 heterocycles. The summed E-state index contributed by atoms with van der Waals surface area (Å²) < 4.78 is 32.5. The molecule has 27 heavy (non-hydrogen) atoms. The molecule has 2 aromatic rings. The van der Waals surface area contributed by atoms with Crippen molar-refractivity contribution in [2.45, 2.75) is 31.2 Å². The maximum Gasteiger partial charge on any atom is 0.424 e. The van der Waals surface area contributed by atoms with Crippen LogP contribution >= 0.6 is 0 Å². The quantitative estimate of drug-likeness (QED) is 0.732. The van der Waals surface area contributed by atoms with Crippen LogP contribution < -0.4 is 0 Å². The topological polar surface area (TPSA) is 63.7 Å². The summed E-state index contributed by atoms with van der Waals surface area (Å²) in [5.41, 5.74) is 2.61. The van der Waals surface area contributed by atoms with Gasteiger partial charge in [0, 0.05) is 5.92 Å². The number of amides is 1. The van der Waals surface area contributed by atoms with Gasteiger partial charge in [0.1, 0.15) is 0 Å². The van der Waals surface area contributed by atoms with Crippen LogP contribution in [0, 0.1) is 12.8 Å². The molecule has 5 nitrogen and oxygen atoms in total. The molecule has 0 bridgehead atoms. The van der Waals surface area contributed by atoms with E-state index in [9.17, 15) is 13.2 Å². The Balaban J connectivity index is 1.99. The normalized spacial score (nSPS) is 20.2. The smallest absolute Gasteiger partial charge is 0.424 e. The Bertz CT molecular complexity index is 936. The molecule has 1 amide bonds. The Morgan fingerprint density at radius 3 is 2.37 bits per heavy atom. The van der Waals surface area contributed by atoms with Gasteiger partial charge in [-0.15, -0.1) is 0 Å². The molecule has 3 rings (SSSR count). The number of carbonyl (C=O) groups is 1. The predicted octanol–water partition coefficient (Wildman–Crippen LogP) is 3.94. The van der Waals surface area contributed by atoms with E-state index in [4.69, 9.17) is 4.74 Å². The summed E-state index contributed by atoms with van der Waals surface area (Å²) in [5, 5.41) is 0. The third kappa shape index (κ3) is 3.90. The van der Waals surface area contributed by atoms with Crippen molar-refractivity contribution in [1.82, 2.24) is 4.31 Å². The van der Waals surface area contributed by atoms with Crippen LogP contribution in [0.25, 0.3) is 0 Å². The van der Waals surface area contributed by atoms with Gasteiger partial charge in [0.05, 0.1) is 17.5 Å². The van der Waals surface area contributed by atoms with Crippen molar-refractivity contribution < 1.29 is 17.9 Å². The van der Waals surface area contributed by atoms with Crippen molar-refractivity contribution in [3.05, 3.63) is 77.9 Å². The highest BCUT2D eigenvalue weighted by Gasteiger charge is 2.45. The van der Waals surface area contributed by atoms with Crippen LogP contribution in [0.5, 0.6) is 0 Å². The number of carbonyl (C=O) groups excluding carboxylic acids is 1. The maximum atomic E-state index is 13.2. The molecule has 6 heteroatoms. The minimum atomic E-state index is -4.05. The van der Waals surface area contributed by atoms with E-state index in [2.05, 4.69) is 6.58 Å². The maximum absolute atomic E-state index is 13.2. The number of cyclic esters (lactones) is 1. The lowest BCUT2D eigenvalue weighted by molar-refractivity contribution is 0.0516. The summed E-state index contributed by atoms with van der Waals surface area (Å²) in [5.74, 6) is -0.206. The van der Waals surface area contributed by atoms with Crippen LogP contribution in [0.3, 0.4) is 0 Å². The molecule has 0 radical (unpaired) electrons. The Labute approximate surface area is 160 Å². The van der Waals surface area contributed by atoms with Crippen molar-refractivity contribution in [2.24, 2.45) is 5.92 Å². The van der Waals surface area contributed by atoms with Crippen LogP contribution in [0.4, 0.5) is 4.79 Å². The van der Waals surface area contributed by atoms with Gasteiger partial charge < -0.3 is 4.74 Å². The molecule has 2 atom stereocenters. The lowest BCUT2D eigenvalue weighted by Crippen LogP contribution is -2.54. The van der Waals surface area contributed by atoms with Gasteiger partial charge in [-0.1, -0.05) is 60.2 Å². The number of aryl methyl sites for hydroxylation is 1. The second kappa shape index (κ2) is 7.56. The molecule has 0 spiro atoms. The number of benzene rings is 2. The van der Waals surface area contributed by atoms with E-state index in [0.29, 0.717) is 12.0 Å². The number of hydrogen-bond donors (Lipinski definition) is 0. The third-order valence-corrected chi connectivity index (χ3v) is 6.49. The first-order valence-electron chi connectivity index (χ1n) is 8.78. The molecule has 142 valence electrons. The molecule has 0 unspecified atom stereocenters. The molecule has 1 aliphatic heterocycles. The van der Waals surface area contributed by atoms with Gasteiger partial charge in [-0.25, -0.2) is 13.2 Å². The fraction of sp³-hybridized carbons (Fsp3) is 0.286. The summed E-state index contributed by atoms with van der Waals surface area (Å²) in [6.45, 7) is 7.74. The average Bonchev–Trinajstić information content (AvgIpc) is 2.63. The van der Waals surface area contributed by atoms with Gasteiger partial charge in [-0.3, -0.25) is 0 Å². The second-order valence-corrected chi connectivity index (χ2v) is 8.75. The number of rotatable bonds is 5. The monoisotopic (exact) mass is 385 g/mol. The number of ether oxygens (including phenoxy) is 1. The van der Waals surface area contributed by atoms with Gasteiger partial charge in [0.15, 0.2) is 0 Å². The van der Waals surface area contributed by atoms with E-state index in [1.165, 1.54) is 12.1 Å². The van der Waals surface area contributed by atoms with Gasteiger partial charge in [-0.05, 0) is 38.0 Å². The Hall–Kier alpha value is -2.60. The zero-order valence-electron chi connectivity index (χ0n) is 15.5. The highest BCUT2D eigenvalue weighted by atomic mass is 32.2. The lowest BCUT2D eigenvalue weighted by Gasteiger charge is -2.40. The van der Waals surface area contributed by atoms with Crippen LogP contribution in [0.15, 0.2) is 71.6 Å². The number of sulfonamides is 1. The van der Waals surface area contributed by atoms with E-state index < -0.39 is 22.2 Å². The largest absolute Gasteiger partial charge is 0.448 e.